The predicted octanol–water partition coefficient (Wildman–Crippen LogP) is 4.43. The van der Waals surface area contributed by atoms with E-state index in [0.717, 1.165) is 42.4 Å². The van der Waals surface area contributed by atoms with Gasteiger partial charge >= 0.3 is 0 Å². The number of hydrogen-bond acceptors (Lipinski definition) is 4. The molecule has 1 atom stereocenters. The summed E-state index contributed by atoms with van der Waals surface area (Å²) >= 11 is 6.29. The molecule has 2 aromatic heterocycles. The van der Waals surface area contributed by atoms with Crippen molar-refractivity contribution < 1.29 is 13.6 Å². The third kappa shape index (κ3) is 3.29. The summed E-state index contributed by atoms with van der Waals surface area (Å²) in [7, 11) is 0. The number of carbonyl (C=O) groups excluding carboxylic acids is 1. The Labute approximate surface area is 182 Å². The molecule has 0 saturated heterocycles. The molecule has 0 radical (unpaired) electrons. The molecule has 1 amide bonds. The lowest BCUT2D eigenvalue weighted by atomic mass is 9.35. The van der Waals surface area contributed by atoms with E-state index in [4.69, 9.17) is 17.0 Å². The highest BCUT2D eigenvalue weighted by molar-refractivity contribution is 6.34. The molecular formula is C22H20ClF2N5O. The van der Waals surface area contributed by atoms with E-state index in [0.29, 0.717) is 17.1 Å². The molecule has 1 unspecified atom stereocenters. The third-order valence-corrected chi connectivity index (χ3v) is 6.83. The Hall–Kier alpha value is -2.87. The number of rotatable bonds is 7. The lowest BCUT2D eigenvalue weighted by molar-refractivity contribution is -0.213. The maximum absolute atomic E-state index is 13.6. The van der Waals surface area contributed by atoms with Crippen LogP contribution >= 0.6 is 11.6 Å². The molecular weight excluding hydrogens is 424 g/mol. The Morgan fingerprint density at radius 3 is 2.61 bits per heavy atom. The van der Waals surface area contributed by atoms with Crippen molar-refractivity contribution in [1.82, 2.24) is 20.1 Å². The minimum Gasteiger partial charge on any atom is -0.348 e. The van der Waals surface area contributed by atoms with Gasteiger partial charge in [-0.2, -0.15) is 5.10 Å². The van der Waals surface area contributed by atoms with Crippen LogP contribution in [-0.2, 0) is 11.3 Å². The molecule has 160 valence electrons. The fraction of sp³-hybridized carbons (Fsp3) is 0.364. The summed E-state index contributed by atoms with van der Waals surface area (Å²) in [6.07, 6.45) is 8.54. The minimum atomic E-state index is -0.705. The normalized spacial score (nSPS) is 24.9. The summed E-state index contributed by atoms with van der Waals surface area (Å²) in [5.41, 5.74) is 0.715. The molecule has 3 aliphatic carbocycles. The molecule has 9 heteroatoms. The maximum Gasteiger partial charge on any atom is 0.226 e. The highest BCUT2D eigenvalue weighted by Crippen LogP contribution is 2.74. The first-order valence-corrected chi connectivity index (χ1v) is 10.4. The van der Waals surface area contributed by atoms with Crippen LogP contribution in [0.25, 0.3) is 10.9 Å². The van der Waals surface area contributed by atoms with Crippen LogP contribution in [0.5, 0.6) is 0 Å². The average Bonchev–Trinajstić information content (AvgIpc) is 3.06. The van der Waals surface area contributed by atoms with Gasteiger partial charge in [0, 0.05) is 36.8 Å². The van der Waals surface area contributed by atoms with Gasteiger partial charge in [-0.05, 0) is 48.6 Å². The highest BCUT2D eigenvalue weighted by atomic mass is 35.5. The maximum atomic E-state index is 13.6. The second-order valence-corrected chi connectivity index (χ2v) is 9.25. The number of fused-ring (bicyclic) bond motifs is 1. The third-order valence-electron chi connectivity index (χ3n) is 6.55. The number of nitrogens with one attached hydrogen (secondary N) is 2. The van der Waals surface area contributed by atoms with Gasteiger partial charge in [-0.3, -0.25) is 14.5 Å². The van der Waals surface area contributed by atoms with E-state index in [1.165, 1.54) is 12.1 Å². The smallest absolute Gasteiger partial charge is 0.226 e. The molecule has 6 rings (SSSR count). The lowest BCUT2D eigenvalue weighted by Crippen LogP contribution is -2.69. The Bertz CT molecular complexity index is 1170. The Morgan fingerprint density at radius 2 is 1.94 bits per heavy atom. The van der Waals surface area contributed by atoms with Crippen molar-refractivity contribution >= 4 is 34.6 Å². The van der Waals surface area contributed by atoms with Gasteiger partial charge in [-0.1, -0.05) is 11.6 Å². The van der Waals surface area contributed by atoms with Crippen LogP contribution in [-0.4, -0.2) is 26.9 Å². The summed E-state index contributed by atoms with van der Waals surface area (Å²) < 4.78 is 29.1. The van der Waals surface area contributed by atoms with Crippen molar-refractivity contribution in [1.29, 1.82) is 5.41 Å². The second kappa shape index (κ2) is 7.09. The molecule has 2 bridgehead atoms. The van der Waals surface area contributed by atoms with Gasteiger partial charge in [0.15, 0.2) is 0 Å². The molecule has 3 fully saturated rings. The van der Waals surface area contributed by atoms with E-state index in [2.05, 4.69) is 15.4 Å². The van der Waals surface area contributed by atoms with E-state index in [9.17, 15) is 13.6 Å². The number of aromatic nitrogens is 3. The average molecular weight is 444 g/mol. The quantitative estimate of drug-likeness (QED) is 0.530. The summed E-state index contributed by atoms with van der Waals surface area (Å²) in [6, 6.07) is 2.55. The largest absolute Gasteiger partial charge is 0.348 e. The Balaban J connectivity index is 1.27. The van der Waals surface area contributed by atoms with Gasteiger partial charge in [-0.15, -0.1) is 0 Å². The van der Waals surface area contributed by atoms with E-state index in [1.54, 1.807) is 18.6 Å². The predicted molar refractivity (Wildman–Crippen MR) is 112 cm³/mol. The number of nitrogens with zero attached hydrogens (tertiary/aromatic N) is 3. The number of benzene rings is 1. The van der Waals surface area contributed by atoms with Crippen molar-refractivity contribution in [3.8, 4) is 0 Å². The fourth-order valence-electron chi connectivity index (χ4n) is 5.33. The van der Waals surface area contributed by atoms with E-state index in [1.807, 2.05) is 4.68 Å². The van der Waals surface area contributed by atoms with Crippen molar-refractivity contribution in [2.24, 2.45) is 10.8 Å². The Morgan fingerprint density at radius 1 is 1.23 bits per heavy atom. The molecule has 0 aliphatic heterocycles. The van der Waals surface area contributed by atoms with Crippen molar-refractivity contribution in [3.05, 3.63) is 59.0 Å². The second-order valence-electron chi connectivity index (χ2n) is 8.84. The molecule has 0 spiro atoms. The summed E-state index contributed by atoms with van der Waals surface area (Å²) in [4.78, 5) is 17.1. The molecule has 2 N–H and O–H groups in total. The van der Waals surface area contributed by atoms with Crippen molar-refractivity contribution in [2.75, 3.05) is 0 Å². The van der Waals surface area contributed by atoms with E-state index < -0.39 is 23.1 Å². The van der Waals surface area contributed by atoms with Crippen molar-refractivity contribution in [2.45, 2.75) is 38.3 Å². The van der Waals surface area contributed by atoms with Crippen LogP contribution in [0, 0.1) is 27.9 Å². The van der Waals surface area contributed by atoms with Crippen LogP contribution < -0.4 is 5.32 Å². The van der Waals surface area contributed by atoms with Gasteiger partial charge in [-0.25, -0.2) is 8.78 Å². The van der Waals surface area contributed by atoms with Crippen LogP contribution in [0.3, 0.4) is 0 Å². The first-order valence-electron chi connectivity index (χ1n) is 10.0. The van der Waals surface area contributed by atoms with Gasteiger partial charge in [0.05, 0.1) is 28.2 Å². The number of halogens is 3. The zero-order valence-corrected chi connectivity index (χ0v) is 17.3. The standard InChI is InChI=1S/C22H20ClF2N5O/c23-17-8-27-6-14-7-28-30(19(14)17)12-21-9-22(10-21,11-21)20(31)29-18(1-2-26)13-3-15(24)5-16(25)4-13/h2-8,18,26H,1,9-12H2,(H,29,31). The van der Waals surface area contributed by atoms with E-state index >= 15 is 0 Å². The lowest BCUT2D eigenvalue weighted by Gasteiger charge is -2.69. The van der Waals surface area contributed by atoms with Crippen LogP contribution in [0.15, 0.2) is 36.8 Å². The van der Waals surface area contributed by atoms with Crippen LogP contribution in [0.1, 0.15) is 37.3 Å². The van der Waals surface area contributed by atoms with Crippen LogP contribution in [0.4, 0.5) is 8.78 Å². The first kappa shape index (κ1) is 20.1. The van der Waals surface area contributed by atoms with Crippen molar-refractivity contribution in [3.63, 3.8) is 0 Å². The molecule has 1 aromatic carbocycles. The first-order chi connectivity index (χ1) is 14.8. The van der Waals surface area contributed by atoms with Gasteiger partial charge < -0.3 is 10.7 Å². The summed E-state index contributed by atoms with van der Waals surface area (Å²) in [5.74, 6) is -1.54. The van der Waals surface area contributed by atoms with Gasteiger partial charge in [0.2, 0.25) is 5.91 Å². The number of hydrogen-bond donors (Lipinski definition) is 2. The zero-order valence-electron chi connectivity index (χ0n) is 16.5. The molecule has 3 aliphatic rings. The molecule has 3 aromatic rings. The van der Waals surface area contributed by atoms with Gasteiger partial charge in [0.1, 0.15) is 11.6 Å². The Kier molecular flexibility index (Phi) is 4.58. The monoisotopic (exact) mass is 443 g/mol. The molecule has 6 nitrogen and oxygen atoms in total. The topological polar surface area (TPSA) is 83.7 Å². The SMILES string of the molecule is N=CCC(NC(=O)C12CC(Cn3ncc4cncc(Cl)c43)(C1)C2)c1cc(F)cc(F)c1. The highest BCUT2D eigenvalue weighted by Gasteiger charge is 2.71. The summed E-state index contributed by atoms with van der Waals surface area (Å²) in [6.45, 7) is 0.675. The van der Waals surface area contributed by atoms with E-state index in [-0.39, 0.29) is 17.7 Å². The van der Waals surface area contributed by atoms with Crippen LogP contribution in [0.2, 0.25) is 5.02 Å². The number of pyridine rings is 1. The number of carbonyl (C=O) groups is 1. The van der Waals surface area contributed by atoms with Gasteiger partial charge in [0.25, 0.3) is 0 Å². The fourth-order valence-corrected chi connectivity index (χ4v) is 5.59. The number of amides is 1. The molecule has 3 saturated carbocycles. The molecule has 2 heterocycles. The minimum absolute atomic E-state index is 0.00486. The summed E-state index contributed by atoms with van der Waals surface area (Å²) in [5, 5.41) is 16.2. The zero-order chi connectivity index (χ0) is 21.8. The molecule has 31 heavy (non-hydrogen) atoms.